The molecule has 0 aromatic heterocycles. The van der Waals surface area contributed by atoms with E-state index >= 15 is 0 Å². The number of aliphatic hydroxyl groups excluding tert-OH is 1. The second kappa shape index (κ2) is 6.87. The SMILES string of the molecule is C=C(C(=O)OC)[C@@H](C)[C@@H](O)[C@@H](C)O[Si](C)(C)C(C)(C)C. The molecule has 0 unspecified atom stereocenters. The second-order valence-corrected chi connectivity index (χ2v) is 11.6. The number of carbonyl (C=O) groups is 1. The minimum absolute atomic E-state index is 0.0730. The monoisotopic (exact) mass is 302 g/mol. The standard InChI is InChI=1S/C15H30O4Si/c1-10(11(2)14(17)18-7)13(16)12(3)19-20(8,9)15(4,5)6/h10,12-13,16H,2H2,1,3-9H3/t10-,12-,13-/m1/s1. The molecule has 0 aliphatic rings. The van der Waals surface area contributed by atoms with Crippen LogP contribution in [0.25, 0.3) is 0 Å². The summed E-state index contributed by atoms with van der Waals surface area (Å²) >= 11 is 0. The number of esters is 1. The molecule has 0 saturated carbocycles. The highest BCUT2D eigenvalue weighted by atomic mass is 28.4. The van der Waals surface area contributed by atoms with E-state index in [0.29, 0.717) is 0 Å². The van der Waals surface area contributed by atoms with E-state index in [2.05, 4.69) is 45.2 Å². The van der Waals surface area contributed by atoms with E-state index in [9.17, 15) is 9.90 Å². The van der Waals surface area contributed by atoms with Crippen molar-refractivity contribution in [3.63, 3.8) is 0 Å². The number of aliphatic hydroxyl groups is 1. The minimum atomic E-state index is -1.95. The zero-order valence-corrected chi connectivity index (χ0v) is 15.1. The Balaban J connectivity index is 4.83. The number of ether oxygens (including phenoxy) is 1. The fraction of sp³-hybridized carbons (Fsp3) is 0.800. The van der Waals surface area contributed by atoms with Crippen molar-refractivity contribution in [3.05, 3.63) is 12.2 Å². The number of hydrogen-bond donors (Lipinski definition) is 1. The van der Waals surface area contributed by atoms with E-state index in [4.69, 9.17) is 4.43 Å². The van der Waals surface area contributed by atoms with Gasteiger partial charge >= 0.3 is 5.97 Å². The lowest BCUT2D eigenvalue weighted by Crippen LogP contribution is -2.47. The van der Waals surface area contributed by atoms with Gasteiger partial charge in [0.15, 0.2) is 8.32 Å². The third-order valence-electron chi connectivity index (χ3n) is 4.28. The molecule has 0 aliphatic heterocycles. The summed E-state index contributed by atoms with van der Waals surface area (Å²) in [6.07, 6.45) is -1.14. The molecule has 3 atom stereocenters. The van der Waals surface area contributed by atoms with E-state index in [1.54, 1.807) is 6.92 Å². The highest BCUT2D eigenvalue weighted by molar-refractivity contribution is 6.74. The molecule has 0 amide bonds. The molecular weight excluding hydrogens is 272 g/mol. The first-order valence-electron chi connectivity index (χ1n) is 6.98. The molecule has 118 valence electrons. The van der Waals surface area contributed by atoms with Gasteiger partial charge < -0.3 is 14.3 Å². The minimum Gasteiger partial charge on any atom is -0.466 e. The van der Waals surface area contributed by atoms with E-state index in [1.807, 2.05) is 6.92 Å². The fourth-order valence-electron chi connectivity index (χ4n) is 1.64. The van der Waals surface area contributed by atoms with Crippen LogP contribution in [0.3, 0.4) is 0 Å². The summed E-state index contributed by atoms with van der Waals surface area (Å²) in [5, 5.41) is 10.4. The number of carbonyl (C=O) groups excluding carboxylic acids is 1. The Kier molecular flexibility index (Phi) is 6.65. The number of rotatable bonds is 6. The maximum absolute atomic E-state index is 11.5. The van der Waals surface area contributed by atoms with Crippen LogP contribution >= 0.6 is 0 Å². The topological polar surface area (TPSA) is 55.8 Å². The molecule has 0 fully saturated rings. The zero-order chi connectivity index (χ0) is 16.3. The molecule has 0 rings (SSSR count). The van der Waals surface area contributed by atoms with Gasteiger partial charge in [0, 0.05) is 11.5 Å². The first kappa shape index (κ1) is 19.3. The molecule has 0 aromatic carbocycles. The quantitative estimate of drug-likeness (QED) is 0.465. The van der Waals surface area contributed by atoms with Crippen molar-refractivity contribution in [3.8, 4) is 0 Å². The van der Waals surface area contributed by atoms with E-state index in [1.165, 1.54) is 7.11 Å². The van der Waals surface area contributed by atoms with Gasteiger partial charge in [-0.2, -0.15) is 0 Å². The predicted molar refractivity (Wildman–Crippen MR) is 84.1 cm³/mol. The van der Waals surface area contributed by atoms with Crippen LogP contribution in [-0.2, 0) is 14.0 Å². The smallest absolute Gasteiger partial charge is 0.333 e. The molecule has 0 radical (unpaired) electrons. The predicted octanol–water partition coefficient (Wildman–Crippen LogP) is 3.12. The lowest BCUT2D eigenvalue weighted by Gasteiger charge is -2.40. The van der Waals surface area contributed by atoms with Gasteiger partial charge in [-0.3, -0.25) is 0 Å². The van der Waals surface area contributed by atoms with Crippen molar-refractivity contribution < 1.29 is 19.1 Å². The molecule has 20 heavy (non-hydrogen) atoms. The average Bonchev–Trinajstić information content (AvgIpc) is 2.32. The van der Waals surface area contributed by atoms with Gasteiger partial charge in [0.1, 0.15) is 0 Å². The Bertz CT molecular complexity index is 357. The molecule has 0 saturated heterocycles. The van der Waals surface area contributed by atoms with E-state index < -0.39 is 26.3 Å². The molecule has 0 heterocycles. The highest BCUT2D eigenvalue weighted by Crippen LogP contribution is 2.38. The van der Waals surface area contributed by atoms with E-state index in [0.717, 1.165) is 0 Å². The first-order valence-corrected chi connectivity index (χ1v) is 9.89. The second-order valence-electron chi connectivity index (χ2n) is 6.88. The molecular formula is C15H30O4Si. The van der Waals surface area contributed by atoms with Crippen LogP contribution in [0.1, 0.15) is 34.6 Å². The van der Waals surface area contributed by atoms with Crippen LogP contribution in [0.2, 0.25) is 18.1 Å². The van der Waals surface area contributed by atoms with Crippen molar-refractivity contribution in [1.82, 2.24) is 0 Å². The van der Waals surface area contributed by atoms with Crippen LogP contribution in [-0.4, -0.2) is 38.7 Å². The van der Waals surface area contributed by atoms with Gasteiger partial charge in [-0.05, 0) is 25.1 Å². The van der Waals surface area contributed by atoms with Crippen molar-refractivity contribution >= 4 is 14.3 Å². The van der Waals surface area contributed by atoms with Crippen LogP contribution in [0.5, 0.6) is 0 Å². The first-order chi connectivity index (χ1) is 8.85. The largest absolute Gasteiger partial charge is 0.466 e. The summed E-state index contributed by atoms with van der Waals surface area (Å²) < 4.78 is 10.8. The maximum atomic E-state index is 11.5. The van der Waals surface area contributed by atoms with E-state index in [-0.39, 0.29) is 16.7 Å². The lowest BCUT2D eigenvalue weighted by atomic mass is 9.93. The average molecular weight is 302 g/mol. The van der Waals surface area contributed by atoms with Gasteiger partial charge in [-0.1, -0.05) is 34.3 Å². The molecule has 0 aromatic rings. The Morgan fingerprint density at radius 2 is 1.70 bits per heavy atom. The normalized spacial score (nSPS) is 17.2. The fourth-order valence-corrected chi connectivity index (χ4v) is 3.06. The molecule has 4 nitrogen and oxygen atoms in total. The Labute approximate surface area is 124 Å². The molecule has 5 heteroatoms. The third-order valence-corrected chi connectivity index (χ3v) is 8.85. The summed E-state index contributed by atoms with van der Waals surface area (Å²) in [6.45, 7) is 18.0. The summed E-state index contributed by atoms with van der Waals surface area (Å²) in [5.74, 6) is -0.890. The number of methoxy groups -OCH3 is 1. The lowest BCUT2D eigenvalue weighted by molar-refractivity contribution is -0.137. The third kappa shape index (κ3) is 4.72. The van der Waals surface area contributed by atoms with Gasteiger partial charge in [0.25, 0.3) is 0 Å². The summed E-state index contributed by atoms with van der Waals surface area (Å²) in [4.78, 5) is 11.5. The van der Waals surface area contributed by atoms with Crippen molar-refractivity contribution in [2.75, 3.05) is 7.11 Å². The molecule has 1 N–H and O–H groups in total. The summed E-state index contributed by atoms with van der Waals surface area (Å²) in [6, 6.07) is 0. The summed E-state index contributed by atoms with van der Waals surface area (Å²) in [5.41, 5.74) is 0.269. The van der Waals surface area contributed by atoms with Crippen LogP contribution < -0.4 is 0 Å². The summed E-state index contributed by atoms with van der Waals surface area (Å²) in [7, 11) is -0.645. The maximum Gasteiger partial charge on any atom is 0.333 e. The Morgan fingerprint density at radius 3 is 2.05 bits per heavy atom. The van der Waals surface area contributed by atoms with Crippen molar-refractivity contribution in [2.24, 2.45) is 5.92 Å². The van der Waals surface area contributed by atoms with Crippen molar-refractivity contribution in [2.45, 2.75) is 65.0 Å². The van der Waals surface area contributed by atoms with Crippen LogP contribution in [0.4, 0.5) is 0 Å². The van der Waals surface area contributed by atoms with Crippen LogP contribution in [0, 0.1) is 5.92 Å². The van der Waals surface area contributed by atoms with Crippen molar-refractivity contribution in [1.29, 1.82) is 0 Å². The van der Waals surface area contributed by atoms with Gasteiger partial charge in [0.05, 0.1) is 19.3 Å². The Morgan fingerprint density at radius 1 is 1.25 bits per heavy atom. The van der Waals surface area contributed by atoms with Gasteiger partial charge in [0.2, 0.25) is 0 Å². The molecule has 0 bridgehead atoms. The molecule has 0 aliphatic carbocycles. The van der Waals surface area contributed by atoms with Gasteiger partial charge in [-0.25, -0.2) is 4.79 Å². The number of hydrogen-bond acceptors (Lipinski definition) is 4. The molecule has 0 spiro atoms. The van der Waals surface area contributed by atoms with Gasteiger partial charge in [-0.15, -0.1) is 0 Å². The highest BCUT2D eigenvalue weighted by Gasteiger charge is 2.40. The Hall–Kier alpha value is -0.653. The van der Waals surface area contributed by atoms with Crippen LogP contribution in [0.15, 0.2) is 12.2 Å². The zero-order valence-electron chi connectivity index (χ0n) is 14.1.